The number of rotatable bonds is 6. The van der Waals surface area contributed by atoms with Crippen molar-refractivity contribution in [2.75, 3.05) is 25.3 Å². The van der Waals surface area contributed by atoms with Crippen molar-refractivity contribution in [3.05, 3.63) is 52.1 Å². The smallest absolute Gasteiger partial charge is 0.270 e. The molecule has 2 aromatic carbocycles. The number of hydrazone groups is 1. The number of ether oxygens (including phenoxy) is 3. The van der Waals surface area contributed by atoms with E-state index in [4.69, 9.17) is 14.2 Å². The Bertz CT molecular complexity index is 1160. The molecule has 170 valence electrons. The number of benzene rings is 2. The standard InChI is InChI=1S/C20H22N4O7S/c1-13-10-23(11-14(2)31-13)32(27,28)20-8-16(24(25)26)4-5-17(20)22-21-9-15-3-6-18-19(7-15)30-12-29-18/h3-9,13-14,22H,10-12H2,1-2H3/b21-9-/t13-,14-/m1/s1. The van der Waals surface area contributed by atoms with Crippen LogP contribution in [-0.4, -0.2) is 56.0 Å². The molecule has 0 aromatic heterocycles. The molecule has 1 N–H and O–H groups in total. The molecular weight excluding hydrogens is 440 g/mol. The van der Waals surface area contributed by atoms with Crippen LogP contribution in [0.15, 0.2) is 46.4 Å². The highest BCUT2D eigenvalue weighted by Crippen LogP contribution is 2.33. The Morgan fingerprint density at radius 1 is 1.12 bits per heavy atom. The van der Waals surface area contributed by atoms with E-state index < -0.39 is 14.9 Å². The Morgan fingerprint density at radius 3 is 2.56 bits per heavy atom. The normalized spacial score (nSPS) is 21.1. The number of nitro benzene ring substituents is 1. The van der Waals surface area contributed by atoms with Crippen molar-refractivity contribution in [1.29, 1.82) is 0 Å². The first-order valence-corrected chi connectivity index (χ1v) is 11.3. The highest BCUT2D eigenvalue weighted by molar-refractivity contribution is 7.89. The molecule has 2 aromatic rings. The Morgan fingerprint density at radius 2 is 1.84 bits per heavy atom. The molecular formula is C20H22N4O7S. The fourth-order valence-electron chi connectivity index (χ4n) is 3.57. The lowest BCUT2D eigenvalue weighted by molar-refractivity contribution is -0.385. The van der Waals surface area contributed by atoms with Crippen LogP contribution in [0.5, 0.6) is 11.5 Å². The van der Waals surface area contributed by atoms with Crippen molar-refractivity contribution >= 4 is 27.6 Å². The number of sulfonamides is 1. The molecule has 2 aliphatic heterocycles. The highest BCUT2D eigenvalue weighted by atomic mass is 32.2. The maximum Gasteiger partial charge on any atom is 0.270 e. The Hall–Kier alpha value is -3.22. The predicted molar refractivity (Wildman–Crippen MR) is 116 cm³/mol. The third-order valence-corrected chi connectivity index (χ3v) is 6.85. The first-order valence-electron chi connectivity index (χ1n) is 9.87. The zero-order valence-corrected chi connectivity index (χ0v) is 18.2. The maximum absolute atomic E-state index is 13.4. The van der Waals surface area contributed by atoms with Gasteiger partial charge in [0, 0.05) is 25.2 Å². The van der Waals surface area contributed by atoms with Gasteiger partial charge in [0.05, 0.1) is 29.0 Å². The van der Waals surface area contributed by atoms with Crippen LogP contribution in [0.25, 0.3) is 0 Å². The van der Waals surface area contributed by atoms with Crippen LogP contribution in [-0.2, 0) is 14.8 Å². The van der Waals surface area contributed by atoms with Crippen LogP contribution >= 0.6 is 0 Å². The van der Waals surface area contributed by atoms with E-state index in [1.165, 1.54) is 22.7 Å². The maximum atomic E-state index is 13.4. The number of hydrogen-bond acceptors (Lipinski definition) is 9. The fourth-order valence-corrected chi connectivity index (χ4v) is 5.32. The van der Waals surface area contributed by atoms with Crippen molar-refractivity contribution in [2.45, 2.75) is 31.0 Å². The summed E-state index contributed by atoms with van der Waals surface area (Å²) in [5, 5.41) is 15.4. The van der Waals surface area contributed by atoms with Gasteiger partial charge in [-0.2, -0.15) is 9.41 Å². The van der Waals surface area contributed by atoms with E-state index in [1.807, 2.05) is 0 Å². The van der Waals surface area contributed by atoms with Gasteiger partial charge in [0.15, 0.2) is 11.5 Å². The van der Waals surface area contributed by atoms with Crippen LogP contribution in [0, 0.1) is 10.1 Å². The predicted octanol–water partition coefficient (Wildman–Crippen LogP) is 2.57. The van der Waals surface area contributed by atoms with Crippen LogP contribution in [0.3, 0.4) is 0 Å². The number of non-ortho nitro benzene ring substituents is 1. The molecule has 11 nitrogen and oxygen atoms in total. The van der Waals surface area contributed by atoms with E-state index in [9.17, 15) is 18.5 Å². The number of fused-ring (bicyclic) bond motifs is 1. The van der Waals surface area contributed by atoms with Crippen molar-refractivity contribution in [1.82, 2.24) is 4.31 Å². The molecule has 2 atom stereocenters. The number of nitro groups is 1. The van der Waals surface area contributed by atoms with Crippen LogP contribution in [0.1, 0.15) is 19.4 Å². The monoisotopic (exact) mass is 462 g/mol. The van der Waals surface area contributed by atoms with E-state index >= 15 is 0 Å². The second kappa shape index (κ2) is 8.73. The summed E-state index contributed by atoms with van der Waals surface area (Å²) in [4.78, 5) is 10.4. The Labute approximate surface area is 184 Å². The lowest BCUT2D eigenvalue weighted by Crippen LogP contribution is -2.48. The van der Waals surface area contributed by atoms with Crippen LogP contribution in [0.2, 0.25) is 0 Å². The second-order valence-electron chi connectivity index (χ2n) is 7.50. The molecule has 2 heterocycles. The van der Waals surface area contributed by atoms with Gasteiger partial charge in [-0.15, -0.1) is 0 Å². The topological polar surface area (TPSA) is 133 Å². The zero-order valence-electron chi connectivity index (χ0n) is 17.4. The summed E-state index contributed by atoms with van der Waals surface area (Å²) in [6.07, 6.45) is 0.888. The molecule has 0 amide bonds. The zero-order chi connectivity index (χ0) is 22.9. The van der Waals surface area contributed by atoms with E-state index in [0.717, 1.165) is 6.07 Å². The van der Waals surface area contributed by atoms with Crippen molar-refractivity contribution < 1.29 is 27.6 Å². The molecule has 12 heteroatoms. The highest BCUT2D eigenvalue weighted by Gasteiger charge is 2.34. The van der Waals surface area contributed by atoms with E-state index in [1.54, 1.807) is 32.0 Å². The summed E-state index contributed by atoms with van der Waals surface area (Å²) >= 11 is 0. The van der Waals surface area contributed by atoms with Gasteiger partial charge in [-0.05, 0) is 43.7 Å². The third kappa shape index (κ3) is 4.52. The van der Waals surface area contributed by atoms with E-state index in [0.29, 0.717) is 17.1 Å². The van der Waals surface area contributed by atoms with E-state index in [-0.39, 0.29) is 48.4 Å². The van der Waals surface area contributed by atoms with Gasteiger partial charge in [-0.3, -0.25) is 15.5 Å². The van der Waals surface area contributed by atoms with Crippen molar-refractivity contribution in [3.8, 4) is 11.5 Å². The lowest BCUT2D eigenvalue weighted by atomic mass is 10.2. The minimum Gasteiger partial charge on any atom is -0.454 e. The lowest BCUT2D eigenvalue weighted by Gasteiger charge is -2.34. The van der Waals surface area contributed by atoms with E-state index in [2.05, 4.69) is 10.5 Å². The minimum absolute atomic E-state index is 0.124. The average Bonchev–Trinajstić information content (AvgIpc) is 3.21. The molecule has 0 aliphatic carbocycles. The Kier molecular flexibility index (Phi) is 6.00. The molecule has 0 unspecified atom stereocenters. The number of anilines is 1. The SMILES string of the molecule is C[C@@H]1CN(S(=O)(=O)c2cc([N+](=O)[O-])ccc2N/N=C\c2ccc3c(c2)OCO3)C[C@@H](C)O1. The fraction of sp³-hybridized carbons (Fsp3) is 0.350. The van der Waals surface area contributed by atoms with Gasteiger partial charge in [0.1, 0.15) is 4.90 Å². The number of nitrogens with one attached hydrogen (secondary N) is 1. The van der Waals surface area contributed by atoms with Gasteiger partial charge < -0.3 is 14.2 Å². The van der Waals surface area contributed by atoms with Crippen molar-refractivity contribution in [2.24, 2.45) is 5.10 Å². The summed E-state index contributed by atoms with van der Waals surface area (Å²) in [5.41, 5.74) is 3.19. The molecule has 1 fully saturated rings. The second-order valence-corrected chi connectivity index (χ2v) is 9.41. The summed E-state index contributed by atoms with van der Waals surface area (Å²) in [7, 11) is -4.04. The molecule has 32 heavy (non-hydrogen) atoms. The molecule has 0 saturated carbocycles. The number of nitrogens with zero attached hydrogens (tertiary/aromatic N) is 3. The van der Waals surface area contributed by atoms with Gasteiger partial charge in [-0.25, -0.2) is 8.42 Å². The molecule has 2 aliphatic rings. The first kappa shape index (κ1) is 22.0. The van der Waals surface area contributed by atoms with Crippen molar-refractivity contribution in [3.63, 3.8) is 0 Å². The Balaban J connectivity index is 1.63. The summed E-state index contributed by atoms with van der Waals surface area (Å²) in [5.74, 6) is 1.22. The van der Waals surface area contributed by atoms with Gasteiger partial charge in [0.2, 0.25) is 16.8 Å². The summed E-state index contributed by atoms with van der Waals surface area (Å²) in [6, 6.07) is 8.84. The average molecular weight is 462 g/mol. The molecule has 0 radical (unpaired) electrons. The van der Waals surface area contributed by atoms with Gasteiger partial charge >= 0.3 is 0 Å². The molecule has 0 bridgehead atoms. The van der Waals surface area contributed by atoms with Gasteiger partial charge in [0.25, 0.3) is 5.69 Å². The van der Waals surface area contributed by atoms with Crippen LogP contribution < -0.4 is 14.9 Å². The summed E-state index contributed by atoms with van der Waals surface area (Å²) < 4.78 is 44.2. The first-order chi connectivity index (χ1) is 15.2. The molecule has 0 spiro atoms. The van der Waals surface area contributed by atoms with Crippen LogP contribution in [0.4, 0.5) is 11.4 Å². The number of hydrogen-bond donors (Lipinski definition) is 1. The summed E-state index contributed by atoms with van der Waals surface area (Å²) in [6.45, 7) is 4.00. The third-order valence-electron chi connectivity index (χ3n) is 4.98. The largest absolute Gasteiger partial charge is 0.454 e. The number of morpholine rings is 1. The minimum atomic E-state index is -4.04. The molecule has 1 saturated heterocycles. The molecule has 4 rings (SSSR count). The quantitative estimate of drug-likeness (QED) is 0.393. The van der Waals surface area contributed by atoms with Gasteiger partial charge in [-0.1, -0.05) is 0 Å².